The fourth-order valence-electron chi connectivity index (χ4n) is 0.847. The van der Waals surface area contributed by atoms with E-state index in [0.717, 1.165) is 0 Å². The molecule has 0 aliphatic heterocycles. The summed E-state index contributed by atoms with van der Waals surface area (Å²) in [6.07, 6.45) is -6.14. The molecular weight excluding hydrogens is 222 g/mol. The van der Waals surface area contributed by atoms with E-state index in [1.807, 2.05) is 0 Å². The van der Waals surface area contributed by atoms with Crippen LogP contribution in [0.3, 0.4) is 0 Å². The molecule has 0 rings (SSSR count). The summed E-state index contributed by atoms with van der Waals surface area (Å²) in [6, 6.07) is 0. The number of ketones is 1. The summed E-state index contributed by atoms with van der Waals surface area (Å²) in [6.45, 7) is -0.00743. The van der Waals surface area contributed by atoms with E-state index in [1.165, 1.54) is 6.92 Å². The third-order valence-corrected chi connectivity index (χ3v) is 1.71. The minimum absolute atomic E-state index is 0.443. The lowest BCUT2D eigenvalue weighted by Crippen LogP contribution is -2.46. The lowest BCUT2D eigenvalue weighted by molar-refractivity contribution is -0.149. The highest BCUT2D eigenvalue weighted by atomic mass is 16.7. The highest BCUT2D eigenvalue weighted by molar-refractivity contribution is 5.84. The van der Waals surface area contributed by atoms with E-state index in [1.54, 1.807) is 0 Å². The molecular formula is C8H17NO7. The maximum atomic E-state index is 10.8. The van der Waals surface area contributed by atoms with E-state index in [4.69, 9.17) is 15.3 Å². The van der Waals surface area contributed by atoms with Gasteiger partial charge in [0.1, 0.15) is 31.1 Å². The molecule has 16 heavy (non-hydrogen) atoms. The number of hydroxylamine groups is 1. The molecule has 0 aromatic carbocycles. The number of aliphatic hydroxyl groups excluding tert-OH is 5. The molecule has 0 spiro atoms. The van der Waals surface area contributed by atoms with Crippen LogP contribution >= 0.6 is 0 Å². The Balaban J connectivity index is 3.97. The van der Waals surface area contributed by atoms with Crippen molar-refractivity contribution < 1.29 is 35.2 Å². The van der Waals surface area contributed by atoms with Crippen molar-refractivity contribution in [3.05, 3.63) is 0 Å². The second-order valence-electron chi connectivity index (χ2n) is 3.23. The Morgan fingerprint density at radius 2 is 1.88 bits per heavy atom. The Hall–Kier alpha value is -0.610. The van der Waals surface area contributed by atoms with Gasteiger partial charge >= 0.3 is 0 Å². The zero-order chi connectivity index (χ0) is 12.7. The summed E-state index contributed by atoms with van der Waals surface area (Å²) < 4.78 is 0. The van der Waals surface area contributed by atoms with Gasteiger partial charge in [0.05, 0.1) is 6.61 Å². The van der Waals surface area contributed by atoms with Crippen molar-refractivity contribution in [2.45, 2.75) is 31.5 Å². The van der Waals surface area contributed by atoms with Gasteiger partial charge in [-0.05, 0) is 6.92 Å². The maximum Gasteiger partial charge on any atom is 0.189 e. The van der Waals surface area contributed by atoms with Gasteiger partial charge in [-0.3, -0.25) is 9.63 Å². The molecule has 1 unspecified atom stereocenters. The van der Waals surface area contributed by atoms with Crippen LogP contribution in [0.2, 0.25) is 0 Å². The van der Waals surface area contributed by atoms with E-state index < -0.39 is 43.5 Å². The Labute approximate surface area is 92.0 Å². The lowest BCUT2D eigenvalue weighted by atomic mass is 10.1. The van der Waals surface area contributed by atoms with Gasteiger partial charge < -0.3 is 25.5 Å². The zero-order valence-corrected chi connectivity index (χ0v) is 8.78. The fourth-order valence-corrected chi connectivity index (χ4v) is 0.847. The SMILES string of the molecule is CC(O)NOC[C@H](O)[C@@H](O)[C@H](O)C(=O)CO. The monoisotopic (exact) mass is 239 g/mol. The molecule has 8 nitrogen and oxygen atoms in total. The molecule has 0 bridgehead atoms. The van der Waals surface area contributed by atoms with E-state index in [9.17, 15) is 15.0 Å². The van der Waals surface area contributed by atoms with Gasteiger partial charge in [0.25, 0.3) is 0 Å². The number of carbonyl (C=O) groups excluding carboxylic acids is 1. The Bertz CT molecular complexity index is 211. The molecule has 0 radical (unpaired) electrons. The van der Waals surface area contributed by atoms with Crippen molar-refractivity contribution in [3.8, 4) is 0 Å². The molecule has 0 saturated carbocycles. The largest absolute Gasteiger partial charge is 0.388 e. The van der Waals surface area contributed by atoms with Crippen LogP contribution in [0, 0.1) is 0 Å². The van der Waals surface area contributed by atoms with Gasteiger partial charge in [-0.2, -0.15) is 5.48 Å². The summed E-state index contributed by atoms with van der Waals surface area (Å²) >= 11 is 0. The number of nitrogens with one attached hydrogen (secondary N) is 1. The van der Waals surface area contributed by atoms with E-state index in [0.29, 0.717) is 0 Å². The number of Topliss-reactive ketones (excluding diaryl/α,β-unsaturated/α-hetero) is 1. The van der Waals surface area contributed by atoms with Crippen molar-refractivity contribution in [2.24, 2.45) is 0 Å². The van der Waals surface area contributed by atoms with Crippen molar-refractivity contribution in [3.63, 3.8) is 0 Å². The smallest absolute Gasteiger partial charge is 0.189 e. The van der Waals surface area contributed by atoms with Gasteiger partial charge in [0.15, 0.2) is 5.78 Å². The van der Waals surface area contributed by atoms with Crippen LogP contribution in [-0.2, 0) is 9.63 Å². The van der Waals surface area contributed by atoms with Crippen molar-refractivity contribution >= 4 is 5.78 Å². The van der Waals surface area contributed by atoms with Gasteiger partial charge in [-0.25, -0.2) is 0 Å². The van der Waals surface area contributed by atoms with Gasteiger partial charge in [-0.15, -0.1) is 0 Å². The minimum Gasteiger partial charge on any atom is -0.388 e. The Morgan fingerprint density at radius 1 is 1.31 bits per heavy atom. The van der Waals surface area contributed by atoms with Crippen molar-refractivity contribution in [1.82, 2.24) is 5.48 Å². The van der Waals surface area contributed by atoms with Crippen LogP contribution in [0.15, 0.2) is 0 Å². The molecule has 8 heteroatoms. The molecule has 0 aromatic rings. The van der Waals surface area contributed by atoms with Crippen LogP contribution in [0.5, 0.6) is 0 Å². The summed E-state index contributed by atoms with van der Waals surface area (Å²) in [5.41, 5.74) is 2.08. The van der Waals surface area contributed by atoms with E-state index >= 15 is 0 Å². The van der Waals surface area contributed by atoms with Crippen molar-refractivity contribution in [2.75, 3.05) is 13.2 Å². The fraction of sp³-hybridized carbons (Fsp3) is 0.875. The number of carbonyl (C=O) groups is 1. The predicted molar refractivity (Wildman–Crippen MR) is 50.9 cm³/mol. The lowest BCUT2D eigenvalue weighted by Gasteiger charge is -2.21. The number of hydrogen-bond donors (Lipinski definition) is 6. The molecule has 0 aromatic heterocycles. The summed E-state index contributed by atoms with van der Waals surface area (Å²) in [7, 11) is 0. The first kappa shape index (κ1) is 15.4. The quantitative estimate of drug-likeness (QED) is 0.189. The third kappa shape index (κ3) is 5.47. The molecule has 0 aliphatic rings. The molecule has 0 fully saturated rings. The van der Waals surface area contributed by atoms with Gasteiger partial charge in [0.2, 0.25) is 0 Å². The standard InChI is InChI=1S/C8H17NO7/c1-4(11)9-16-3-6(13)8(15)7(14)5(12)2-10/h4,6-11,13-15H,2-3H2,1H3/t4?,6-,7+,8+/m0/s1. The summed E-state index contributed by atoms with van der Waals surface area (Å²) in [5, 5.41) is 44.8. The molecule has 6 N–H and O–H groups in total. The summed E-state index contributed by atoms with van der Waals surface area (Å²) in [5.74, 6) is -1.00. The van der Waals surface area contributed by atoms with Crippen LogP contribution < -0.4 is 5.48 Å². The first-order valence-corrected chi connectivity index (χ1v) is 4.63. The number of hydrogen-bond acceptors (Lipinski definition) is 8. The topological polar surface area (TPSA) is 139 Å². The number of rotatable bonds is 8. The summed E-state index contributed by atoms with van der Waals surface area (Å²) in [4.78, 5) is 15.3. The van der Waals surface area contributed by atoms with Crippen LogP contribution in [0.25, 0.3) is 0 Å². The Kier molecular flexibility index (Phi) is 7.34. The van der Waals surface area contributed by atoms with Gasteiger partial charge in [-0.1, -0.05) is 0 Å². The molecule has 0 aliphatic carbocycles. The normalized spacial score (nSPS) is 18.9. The van der Waals surface area contributed by atoms with E-state index in [-0.39, 0.29) is 0 Å². The molecule has 96 valence electrons. The highest BCUT2D eigenvalue weighted by Gasteiger charge is 2.29. The first-order valence-electron chi connectivity index (χ1n) is 4.63. The second-order valence-corrected chi connectivity index (χ2v) is 3.23. The van der Waals surface area contributed by atoms with Crippen LogP contribution in [-0.4, -0.2) is 69.1 Å². The molecule has 0 heterocycles. The predicted octanol–water partition coefficient (Wildman–Crippen LogP) is -3.51. The van der Waals surface area contributed by atoms with E-state index in [2.05, 4.69) is 10.3 Å². The maximum absolute atomic E-state index is 10.8. The molecule has 0 saturated heterocycles. The molecule has 4 atom stereocenters. The highest BCUT2D eigenvalue weighted by Crippen LogP contribution is 2.02. The average Bonchev–Trinajstić information content (AvgIpc) is 2.25. The second kappa shape index (κ2) is 7.63. The minimum atomic E-state index is -1.88. The molecule has 0 amide bonds. The van der Waals surface area contributed by atoms with Crippen LogP contribution in [0.4, 0.5) is 0 Å². The number of aliphatic hydroxyl groups is 5. The van der Waals surface area contributed by atoms with Crippen LogP contribution in [0.1, 0.15) is 6.92 Å². The third-order valence-electron chi connectivity index (χ3n) is 1.71. The Morgan fingerprint density at radius 3 is 2.31 bits per heavy atom. The first-order chi connectivity index (χ1) is 7.40. The zero-order valence-electron chi connectivity index (χ0n) is 8.78. The van der Waals surface area contributed by atoms with Crippen molar-refractivity contribution in [1.29, 1.82) is 0 Å². The van der Waals surface area contributed by atoms with Gasteiger partial charge in [0, 0.05) is 0 Å². The average molecular weight is 239 g/mol.